The van der Waals surface area contributed by atoms with Gasteiger partial charge in [0, 0.05) is 13.1 Å². The molecule has 0 fully saturated rings. The molecular weight excluding hydrogens is 306 g/mol. The minimum absolute atomic E-state index is 0.356. The van der Waals surface area contributed by atoms with E-state index < -0.39 is 11.7 Å². The molecule has 0 heterocycles. The van der Waals surface area contributed by atoms with E-state index in [9.17, 15) is 9.59 Å². The third kappa shape index (κ3) is 8.41. The molecule has 0 saturated carbocycles. The summed E-state index contributed by atoms with van der Waals surface area (Å²) in [5.41, 5.74) is 2.90. The van der Waals surface area contributed by atoms with Crippen molar-refractivity contribution in [3.63, 3.8) is 0 Å². The second-order valence-electron chi connectivity index (χ2n) is 7.09. The van der Waals surface area contributed by atoms with Crippen molar-refractivity contribution in [1.29, 1.82) is 0 Å². The molecule has 0 aromatic heterocycles. The van der Waals surface area contributed by atoms with Gasteiger partial charge in [0.1, 0.15) is 5.60 Å². The van der Waals surface area contributed by atoms with Gasteiger partial charge in [-0.3, -0.25) is 0 Å². The number of ether oxygens (including phenoxy) is 1. The normalized spacial score (nSPS) is 11.1. The van der Waals surface area contributed by atoms with E-state index >= 15 is 0 Å². The average molecular weight is 335 g/mol. The molecule has 0 radical (unpaired) electrons. The van der Waals surface area contributed by atoms with Crippen molar-refractivity contribution in [1.82, 2.24) is 15.8 Å². The van der Waals surface area contributed by atoms with Crippen LogP contribution in [-0.4, -0.2) is 29.3 Å². The molecule has 1 aromatic carbocycles. The average Bonchev–Trinajstić information content (AvgIpc) is 2.48. The minimum Gasteiger partial charge on any atom is -0.443 e. The van der Waals surface area contributed by atoms with Gasteiger partial charge >= 0.3 is 12.1 Å². The Morgan fingerprint density at radius 3 is 2.33 bits per heavy atom. The number of carbonyl (C=O) groups excluding carboxylic acids is 2. The molecule has 6 nitrogen and oxygen atoms in total. The molecule has 1 aromatic rings. The lowest BCUT2D eigenvalue weighted by Gasteiger charge is -2.27. The van der Waals surface area contributed by atoms with Crippen molar-refractivity contribution in [2.45, 2.75) is 53.2 Å². The van der Waals surface area contributed by atoms with Gasteiger partial charge in [-0.15, -0.1) is 0 Å². The summed E-state index contributed by atoms with van der Waals surface area (Å²) in [6.07, 6.45) is 0.135. The van der Waals surface area contributed by atoms with E-state index in [1.54, 1.807) is 20.8 Å². The predicted molar refractivity (Wildman–Crippen MR) is 94.2 cm³/mol. The van der Waals surface area contributed by atoms with Gasteiger partial charge in [0.05, 0.1) is 0 Å². The fourth-order valence-electron chi connectivity index (χ4n) is 1.88. The molecule has 0 atom stereocenters. The van der Waals surface area contributed by atoms with Crippen molar-refractivity contribution in [2.75, 3.05) is 6.54 Å². The van der Waals surface area contributed by atoms with E-state index in [2.05, 4.69) is 24.6 Å². The minimum atomic E-state index is -0.638. The summed E-state index contributed by atoms with van der Waals surface area (Å²) in [5, 5.41) is 4.08. The summed E-state index contributed by atoms with van der Waals surface area (Å²) in [7, 11) is 0. The Morgan fingerprint density at radius 2 is 1.79 bits per heavy atom. The molecule has 0 bridgehead atoms. The van der Waals surface area contributed by atoms with Crippen LogP contribution >= 0.6 is 0 Å². The number of urea groups is 1. The lowest BCUT2D eigenvalue weighted by molar-refractivity contribution is 0.0372. The van der Waals surface area contributed by atoms with E-state index in [-0.39, 0.29) is 6.03 Å². The van der Waals surface area contributed by atoms with E-state index in [4.69, 9.17) is 4.74 Å². The van der Waals surface area contributed by atoms with E-state index in [1.807, 2.05) is 30.3 Å². The van der Waals surface area contributed by atoms with Gasteiger partial charge in [-0.25, -0.2) is 20.0 Å². The number of hydrogen-bond donors (Lipinski definition) is 2. The number of rotatable bonds is 5. The molecule has 0 aliphatic carbocycles. The highest BCUT2D eigenvalue weighted by Gasteiger charge is 2.21. The SMILES string of the molecule is CC(C)CCN(NC(=O)OC(C)(C)C)C(=O)NCc1ccccc1. The Morgan fingerprint density at radius 1 is 1.17 bits per heavy atom. The van der Waals surface area contributed by atoms with Crippen LogP contribution in [0.5, 0.6) is 0 Å². The van der Waals surface area contributed by atoms with Crippen LogP contribution in [0.15, 0.2) is 30.3 Å². The molecule has 0 aliphatic rings. The van der Waals surface area contributed by atoms with Crippen LogP contribution in [0.4, 0.5) is 9.59 Å². The Kier molecular flexibility index (Phi) is 7.55. The summed E-state index contributed by atoms with van der Waals surface area (Å²) in [6.45, 7) is 10.3. The summed E-state index contributed by atoms with van der Waals surface area (Å²) < 4.78 is 5.22. The Balaban J connectivity index is 2.62. The number of carbonyl (C=O) groups is 2. The fraction of sp³-hybridized carbons (Fsp3) is 0.556. The first-order chi connectivity index (χ1) is 11.2. The van der Waals surface area contributed by atoms with Gasteiger partial charge in [0.15, 0.2) is 0 Å². The first kappa shape index (κ1) is 19.8. The molecule has 0 unspecified atom stereocenters. The van der Waals surface area contributed by atoms with Gasteiger partial charge in [-0.05, 0) is 38.7 Å². The highest BCUT2D eigenvalue weighted by atomic mass is 16.6. The molecule has 0 saturated heterocycles. The molecule has 0 spiro atoms. The van der Waals surface area contributed by atoms with Crippen LogP contribution < -0.4 is 10.7 Å². The Labute approximate surface area is 144 Å². The van der Waals surface area contributed by atoms with E-state index in [1.165, 1.54) is 5.01 Å². The van der Waals surface area contributed by atoms with Gasteiger partial charge in [0.25, 0.3) is 0 Å². The summed E-state index contributed by atoms with van der Waals surface area (Å²) in [5.74, 6) is 0.412. The van der Waals surface area contributed by atoms with E-state index in [0.29, 0.717) is 19.0 Å². The molecule has 134 valence electrons. The summed E-state index contributed by atoms with van der Waals surface area (Å²) in [4.78, 5) is 24.3. The van der Waals surface area contributed by atoms with Gasteiger partial charge < -0.3 is 10.1 Å². The van der Waals surface area contributed by atoms with Gasteiger partial charge in [0.2, 0.25) is 0 Å². The highest BCUT2D eigenvalue weighted by Crippen LogP contribution is 2.08. The Bertz CT molecular complexity index is 524. The summed E-state index contributed by atoms with van der Waals surface area (Å²) >= 11 is 0. The topological polar surface area (TPSA) is 70.7 Å². The molecule has 24 heavy (non-hydrogen) atoms. The molecule has 3 amide bonds. The second kappa shape index (κ2) is 9.15. The molecular formula is C18H29N3O3. The maximum atomic E-state index is 12.4. The van der Waals surface area contributed by atoms with Crippen molar-refractivity contribution in [3.05, 3.63) is 35.9 Å². The van der Waals surface area contributed by atoms with Crippen molar-refractivity contribution < 1.29 is 14.3 Å². The molecule has 6 heteroatoms. The van der Waals surface area contributed by atoms with Crippen LogP contribution in [0.25, 0.3) is 0 Å². The number of hydrazine groups is 1. The van der Waals surface area contributed by atoms with Crippen molar-refractivity contribution in [3.8, 4) is 0 Å². The lowest BCUT2D eigenvalue weighted by Crippen LogP contribution is -2.52. The van der Waals surface area contributed by atoms with Gasteiger partial charge in [-0.1, -0.05) is 44.2 Å². The van der Waals surface area contributed by atoms with Crippen LogP contribution in [0.3, 0.4) is 0 Å². The molecule has 0 aliphatic heterocycles. The monoisotopic (exact) mass is 335 g/mol. The third-order valence-corrected chi connectivity index (χ3v) is 3.09. The fourth-order valence-corrected chi connectivity index (χ4v) is 1.88. The number of nitrogens with zero attached hydrogens (tertiary/aromatic N) is 1. The standard InChI is InChI=1S/C18H29N3O3/c1-14(2)11-12-21(20-17(23)24-18(3,4)5)16(22)19-13-15-9-7-6-8-10-15/h6-10,14H,11-13H2,1-5H3,(H,19,22)(H,20,23). The zero-order valence-corrected chi connectivity index (χ0v) is 15.3. The predicted octanol–water partition coefficient (Wildman–Crippen LogP) is 3.68. The largest absolute Gasteiger partial charge is 0.443 e. The zero-order chi connectivity index (χ0) is 18.2. The summed E-state index contributed by atoms with van der Waals surface area (Å²) in [6, 6.07) is 9.25. The number of hydrogen-bond acceptors (Lipinski definition) is 3. The maximum absolute atomic E-state index is 12.4. The van der Waals surface area contributed by atoms with Crippen LogP contribution in [0.2, 0.25) is 0 Å². The number of benzene rings is 1. The Hall–Kier alpha value is -2.24. The first-order valence-corrected chi connectivity index (χ1v) is 8.26. The smallest absolute Gasteiger partial charge is 0.426 e. The first-order valence-electron chi connectivity index (χ1n) is 8.26. The van der Waals surface area contributed by atoms with Crippen LogP contribution in [0.1, 0.15) is 46.6 Å². The second-order valence-corrected chi connectivity index (χ2v) is 7.09. The third-order valence-electron chi connectivity index (χ3n) is 3.09. The van der Waals surface area contributed by atoms with Crippen molar-refractivity contribution >= 4 is 12.1 Å². The zero-order valence-electron chi connectivity index (χ0n) is 15.3. The maximum Gasteiger partial charge on any atom is 0.426 e. The lowest BCUT2D eigenvalue weighted by atomic mass is 10.1. The number of nitrogens with one attached hydrogen (secondary N) is 2. The highest BCUT2D eigenvalue weighted by molar-refractivity contribution is 5.77. The van der Waals surface area contributed by atoms with Crippen LogP contribution in [-0.2, 0) is 11.3 Å². The molecule has 1 rings (SSSR count). The van der Waals surface area contributed by atoms with Crippen molar-refractivity contribution in [2.24, 2.45) is 5.92 Å². The number of amides is 3. The van der Waals surface area contributed by atoms with Gasteiger partial charge in [-0.2, -0.15) is 0 Å². The quantitative estimate of drug-likeness (QED) is 0.806. The molecule has 2 N–H and O–H groups in total. The van der Waals surface area contributed by atoms with E-state index in [0.717, 1.165) is 12.0 Å². The van der Waals surface area contributed by atoms with Crippen LogP contribution in [0, 0.1) is 5.92 Å².